The number of aliphatic carboxylic acids is 2. The summed E-state index contributed by atoms with van der Waals surface area (Å²) >= 11 is 0. The maximum absolute atomic E-state index is 12.6. The largest absolute Gasteiger partial charge is 2.00 e. The van der Waals surface area contributed by atoms with Gasteiger partial charge in [-0.2, -0.15) is 0 Å². The van der Waals surface area contributed by atoms with Gasteiger partial charge in [0.05, 0.1) is 26.4 Å². The number of carbonyl (C=O) groups excluding carboxylic acids is 4. The van der Waals surface area contributed by atoms with Gasteiger partial charge in [-0.3, -0.25) is 9.59 Å². The zero-order valence-electron chi connectivity index (χ0n) is 28.1. The molecule has 0 saturated heterocycles. The third-order valence-corrected chi connectivity index (χ3v) is 7.11. The third-order valence-electron chi connectivity index (χ3n) is 7.11. The van der Waals surface area contributed by atoms with E-state index in [4.69, 9.17) is 18.9 Å². The molecule has 0 aromatic carbocycles. The maximum Gasteiger partial charge on any atom is 2.00 e. The number of hydrogen-bond donors (Lipinski definition) is 0. The molecule has 11 heteroatoms. The number of carboxylic acid groups (broad SMARTS) is 2. The van der Waals surface area contributed by atoms with Crippen LogP contribution in [-0.2, 0) is 64.3 Å². The number of unbranched alkanes of at least 4 members (excludes halogenated alkanes) is 4. The van der Waals surface area contributed by atoms with Crippen LogP contribution < -0.4 is 10.2 Å². The smallest absolute Gasteiger partial charge is 0.544 e. The van der Waals surface area contributed by atoms with Gasteiger partial charge in [-0.1, -0.05) is 81.1 Å². The molecule has 0 saturated carbocycles. The zero-order valence-corrected chi connectivity index (χ0v) is 30.5. The van der Waals surface area contributed by atoms with Crippen molar-refractivity contribution in [2.24, 2.45) is 11.8 Å². The molecule has 0 fully saturated rings. The van der Waals surface area contributed by atoms with E-state index in [1.165, 1.54) is 0 Å². The molecule has 0 radical (unpaired) electrons. The van der Waals surface area contributed by atoms with Crippen LogP contribution in [0.4, 0.5) is 0 Å². The Morgan fingerprint density at radius 1 is 0.488 bits per heavy atom. The van der Waals surface area contributed by atoms with Crippen LogP contribution in [0.1, 0.15) is 132 Å². The molecular weight excluding hydrogens is 636 g/mol. The van der Waals surface area contributed by atoms with E-state index in [-0.39, 0.29) is 52.6 Å². The van der Waals surface area contributed by atoms with Crippen LogP contribution in [0.15, 0.2) is 0 Å². The molecule has 0 spiro atoms. The van der Waals surface area contributed by atoms with Crippen molar-refractivity contribution in [2.45, 2.75) is 144 Å². The molecule has 43 heavy (non-hydrogen) atoms. The second-order valence-electron chi connectivity index (χ2n) is 10.4. The van der Waals surface area contributed by atoms with E-state index in [9.17, 15) is 29.4 Å². The van der Waals surface area contributed by atoms with Gasteiger partial charge in [0, 0.05) is 11.8 Å². The van der Waals surface area contributed by atoms with E-state index in [2.05, 4.69) is 0 Å². The molecule has 0 bridgehead atoms. The second-order valence-corrected chi connectivity index (χ2v) is 10.4. The first-order valence-electron chi connectivity index (χ1n) is 16.1. The van der Waals surface area contributed by atoms with E-state index in [0.29, 0.717) is 51.4 Å². The number of carbonyl (C=O) groups is 4. The van der Waals surface area contributed by atoms with E-state index < -0.39 is 46.9 Å². The van der Waals surface area contributed by atoms with Gasteiger partial charge in [-0.05, 0) is 51.4 Å². The van der Waals surface area contributed by atoms with E-state index in [0.717, 1.165) is 25.7 Å². The SMILES string of the molecule is CCCCOC(OCCCC)(C(=O)[O-])C(=O)C(CC)CC.CCCCOC(OCCCC)(C(=O)[O-])C(=O)C(CC)CC.[Zr+2]. The first-order valence-corrected chi connectivity index (χ1v) is 16.1. The summed E-state index contributed by atoms with van der Waals surface area (Å²) in [4.78, 5) is 48.4. The van der Waals surface area contributed by atoms with Crippen LogP contribution in [0.5, 0.6) is 0 Å². The summed E-state index contributed by atoms with van der Waals surface area (Å²) in [7, 11) is 0. The monoisotopic (exact) mass is 692 g/mol. The summed E-state index contributed by atoms with van der Waals surface area (Å²) in [6, 6.07) is 0. The number of Topliss-reactive ketones (excluding diaryl/α,β-unsaturated/α-hetero) is 2. The fourth-order valence-electron chi connectivity index (χ4n) is 4.10. The van der Waals surface area contributed by atoms with Gasteiger partial charge in [0.2, 0.25) is 11.6 Å². The molecule has 0 aliphatic rings. The quantitative estimate of drug-likeness (QED) is 0.0735. The molecule has 250 valence electrons. The average molecular weight is 694 g/mol. The zero-order chi connectivity index (χ0) is 32.6. The van der Waals surface area contributed by atoms with E-state index >= 15 is 0 Å². The average Bonchev–Trinajstić information content (AvgIpc) is 2.97. The molecule has 0 N–H and O–H groups in total. The number of carboxylic acids is 2. The fraction of sp³-hybridized carbons (Fsp3) is 0.875. The van der Waals surface area contributed by atoms with Crippen molar-refractivity contribution < 1.29 is 74.5 Å². The van der Waals surface area contributed by atoms with Crippen molar-refractivity contribution in [1.29, 1.82) is 0 Å². The number of ketones is 2. The Morgan fingerprint density at radius 2 is 0.698 bits per heavy atom. The maximum atomic E-state index is 12.6. The molecule has 0 aromatic heterocycles. The summed E-state index contributed by atoms with van der Waals surface area (Å²) in [5.41, 5.74) is 0. The minimum Gasteiger partial charge on any atom is -0.544 e. The van der Waals surface area contributed by atoms with Crippen molar-refractivity contribution >= 4 is 23.5 Å². The van der Waals surface area contributed by atoms with Gasteiger partial charge in [0.15, 0.2) is 0 Å². The summed E-state index contributed by atoms with van der Waals surface area (Å²) < 4.78 is 21.6. The number of ether oxygens (including phenoxy) is 4. The Morgan fingerprint density at radius 3 is 0.837 bits per heavy atom. The molecule has 0 rings (SSSR count). The van der Waals surface area contributed by atoms with Crippen LogP contribution in [0, 0.1) is 11.8 Å². The summed E-state index contributed by atoms with van der Waals surface area (Å²) in [5.74, 6) is -9.53. The number of hydrogen-bond acceptors (Lipinski definition) is 10. The molecule has 0 aliphatic heterocycles. The van der Waals surface area contributed by atoms with E-state index in [1.54, 1.807) is 0 Å². The Bertz CT molecular complexity index is 668. The molecule has 0 unspecified atom stereocenters. The molecule has 0 amide bonds. The Balaban J connectivity index is -0.000000727. The second kappa shape index (κ2) is 27.3. The fourth-order valence-corrected chi connectivity index (χ4v) is 4.10. The summed E-state index contributed by atoms with van der Waals surface area (Å²) in [6.07, 6.45) is 8.27. The third kappa shape index (κ3) is 15.7. The normalized spacial score (nSPS) is 11.6. The van der Waals surface area contributed by atoms with Gasteiger partial charge in [0.25, 0.3) is 11.6 Å². The van der Waals surface area contributed by atoms with Gasteiger partial charge >= 0.3 is 26.2 Å². The predicted molar refractivity (Wildman–Crippen MR) is 157 cm³/mol. The Labute approximate surface area is 279 Å². The van der Waals surface area contributed by atoms with Gasteiger partial charge in [-0.15, -0.1) is 0 Å². The van der Waals surface area contributed by atoms with Crippen molar-refractivity contribution in [3.05, 3.63) is 0 Å². The van der Waals surface area contributed by atoms with E-state index in [1.807, 2.05) is 55.4 Å². The first-order chi connectivity index (χ1) is 20.0. The first kappa shape index (κ1) is 46.4. The van der Waals surface area contributed by atoms with Crippen LogP contribution in [0.2, 0.25) is 0 Å². The van der Waals surface area contributed by atoms with Crippen LogP contribution >= 0.6 is 0 Å². The minimum absolute atomic E-state index is 0. The molecular formula is C32H58O10Zr. The molecule has 0 atom stereocenters. The van der Waals surface area contributed by atoms with Crippen LogP contribution in [-0.4, -0.2) is 61.5 Å². The predicted octanol–water partition coefficient (Wildman–Crippen LogP) is 4.14. The minimum atomic E-state index is -2.25. The van der Waals surface area contributed by atoms with Crippen molar-refractivity contribution in [3.8, 4) is 0 Å². The van der Waals surface area contributed by atoms with Gasteiger partial charge in [-0.25, -0.2) is 0 Å². The molecule has 0 aromatic rings. The van der Waals surface area contributed by atoms with Gasteiger partial charge in [0.1, 0.15) is 11.9 Å². The van der Waals surface area contributed by atoms with Crippen LogP contribution in [0.25, 0.3) is 0 Å². The van der Waals surface area contributed by atoms with Crippen molar-refractivity contribution in [3.63, 3.8) is 0 Å². The summed E-state index contributed by atoms with van der Waals surface area (Å²) in [6.45, 7) is 15.9. The Kier molecular flexibility index (Phi) is 29.5. The van der Waals surface area contributed by atoms with Crippen molar-refractivity contribution in [2.75, 3.05) is 26.4 Å². The number of rotatable bonds is 26. The van der Waals surface area contributed by atoms with Gasteiger partial charge < -0.3 is 38.7 Å². The molecule has 0 heterocycles. The molecule has 0 aliphatic carbocycles. The standard InChI is InChI=1S/2C16H30O5.Zr/c2*1-5-9-11-20-16(15(18)19,21-12-10-6-2)14(17)13(7-3)8-4;/h2*13H,5-12H2,1-4H3,(H,18,19);/q;;+2/p-2. The topological polar surface area (TPSA) is 151 Å². The van der Waals surface area contributed by atoms with Crippen LogP contribution in [0.3, 0.4) is 0 Å². The Hall–Kier alpha value is -0.997. The summed E-state index contributed by atoms with van der Waals surface area (Å²) in [5, 5.41) is 23.2. The molecule has 10 nitrogen and oxygen atoms in total. The van der Waals surface area contributed by atoms with Crippen molar-refractivity contribution in [1.82, 2.24) is 0 Å².